The van der Waals surface area contributed by atoms with Gasteiger partial charge in [0.25, 0.3) is 0 Å². The summed E-state index contributed by atoms with van der Waals surface area (Å²) in [6, 6.07) is 16.5. The number of hydrogen-bond acceptors (Lipinski definition) is 4. The topological polar surface area (TPSA) is 66.4 Å². The molecule has 0 aromatic heterocycles. The van der Waals surface area contributed by atoms with Gasteiger partial charge in [-0.2, -0.15) is 13.2 Å². The maximum absolute atomic E-state index is 13.6. The Labute approximate surface area is 234 Å². The number of hydrogen-bond donors (Lipinski definition) is 2. The molecule has 0 bridgehead atoms. The van der Waals surface area contributed by atoms with Crippen molar-refractivity contribution in [1.29, 1.82) is 0 Å². The van der Waals surface area contributed by atoms with Crippen LogP contribution in [0.5, 0.6) is 0 Å². The van der Waals surface area contributed by atoms with Crippen molar-refractivity contribution >= 4 is 40.5 Å². The van der Waals surface area contributed by atoms with E-state index in [0.29, 0.717) is 24.2 Å². The fourth-order valence-electron chi connectivity index (χ4n) is 3.93. The molecule has 0 aliphatic rings. The zero-order chi connectivity index (χ0) is 28.7. The van der Waals surface area contributed by atoms with Gasteiger partial charge in [-0.25, -0.2) is 0 Å². The quantitative estimate of drug-likeness (QED) is 0.168. The fraction of sp³-hybridized carbons (Fsp3) is 0.200. The Morgan fingerprint density at radius 3 is 2.03 bits per heavy atom. The third-order valence-electron chi connectivity index (χ3n) is 6.00. The number of ketones is 2. The van der Waals surface area contributed by atoms with E-state index < -0.39 is 24.3 Å². The monoisotopic (exact) mass is 575 g/mol. The number of aliphatic hydroxyl groups is 1. The summed E-state index contributed by atoms with van der Waals surface area (Å²) in [5.74, 6) is -1.62. The van der Waals surface area contributed by atoms with Crippen molar-refractivity contribution < 1.29 is 27.9 Å². The van der Waals surface area contributed by atoms with Gasteiger partial charge < -0.3 is 10.4 Å². The first-order valence-electron chi connectivity index (χ1n) is 11.9. The molecule has 3 aromatic carbocycles. The van der Waals surface area contributed by atoms with Crippen LogP contribution in [0, 0.1) is 0 Å². The summed E-state index contributed by atoms with van der Waals surface area (Å²) in [6.45, 7) is 7.83. The zero-order valence-corrected chi connectivity index (χ0v) is 22.3. The van der Waals surface area contributed by atoms with Gasteiger partial charge >= 0.3 is 6.18 Å². The van der Waals surface area contributed by atoms with Crippen LogP contribution in [0.4, 0.5) is 13.2 Å². The molecule has 4 nitrogen and oxygen atoms in total. The smallest absolute Gasteiger partial charge is 0.393 e. The standard InChI is InChI=1S/C30H26Cl2F3NO3/c1-18(37)13-14-36-19(2)21-7-9-22(10-8-21)25(16-28(38)24-11-12-26(31)27(32)15-24)29(39)23-5-3-20(4-6-23)17-30(33,34)35/h3-12,15,25,36-37H,1-2,13-14,16-17H2. The van der Waals surface area contributed by atoms with E-state index in [9.17, 15) is 27.9 Å². The van der Waals surface area contributed by atoms with Gasteiger partial charge in [0, 0.05) is 36.2 Å². The molecule has 204 valence electrons. The van der Waals surface area contributed by atoms with Crippen molar-refractivity contribution in [3.05, 3.63) is 124 Å². The van der Waals surface area contributed by atoms with Gasteiger partial charge in [-0.3, -0.25) is 9.59 Å². The molecule has 0 saturated heterocycles. The first-order valence-corrected chi connectivity index (χ1v) is 12.7. The highest BCUT2D eigenvalue weighted by Gasteiger charge is 2.29. The van der Waals surface area contributed by atoms with Crippen molar-refractivity contribution in [2.45, 2.75) is 31.4 Å². The predicted molar refractivity (Wildman–Crippen MR) is 149 cm³/mol. The minimum Gasteiger partial charge on any atom is -0.513 e. The van der Waals surface area contributed by atoms with E-state index >= 15 is 0 Å². The van der Waals surface area contributed by atoms with E-state index in [2.05, 4.69) is 18.5 Å². The van der Waals surface area contributed by atoms with Gasteiger partial charge in [-0.05, 0) is 34.9 Å². The second-order valence-corrected chi connectivity index (χ2v) is 9.82. The number of Topliss-reactive ketones (excluding diaryl/α,β-unsaturated/α-hetero) is 2. The zero-order valence-electron chi connectivity index (χ0n) is 20.8. The molecule has 0 heterocycles. The summed E-state index contributed by atoms with van der Waals surface area (Å²) < 4.78 is 38.3. The Hall–Kier alpha value is -3.55. The molecule has 2 N–H and O–H groups in total. The van der Waals surface area contributed by atoms with Crippen LogP contribution >= 0.6 is 23.2 Å². The fourth-order valence-corrected chi connectivity index (χ4v) is 4.23. The van der Waals surface area contributed by atoms with Crippen LogP contribution in [-0.4, -0.2) is 29.4 Å². The number of benzene rings is 3. The molecule has 3 rings (SSSR count). The first-order chi connectivity index (χ1) is 18.3. The Balaban J connectivity index is 1.88. The van der Waals surface area contributed by atoms with Crippen LogP contribution < -0.4 is 5.32 Å². The second-order valence-electron chi connectivity index (χ2n) is 9.01. The van der Waals surface area contributed by atoms with Crippen molar-refractivity contribution in [2.75, 3.05) is 6.54 Å². The van der Waals surface area contributed by atoms with Crippen molar-refractivity contribution in [3.8, 4) is 0 Å². The molecular weight excluding hydrogens is 550 g/mol. The number of aliphatic hydroxyl groups excluding tert-OH is 1. The van der Waals surface area contributed by atoms with E-state index in [-0.39, 0.29) is 44.7 Å². The molecule has 1 atom stereocenters. The summed E-state index contributed by atoms with van der Waals surface area (Å²) >= 11 is 12.0. The van der Waals surface area contributed by atoms with Gasteiger partial charge in [0.2, 0.25) is 0 Å². The van der Waals surface area contributed by atoms with E-state index in [1.807, 2.05) is 0 Å². The van der Waals surface area contributed by atoms with Gasteiger partial charge in [0.05, 0.1) is 28.1 Å². The van der Waals surface area contributed by atoms with Gasteiger partial charge in [0.1, 0.15) is 0 Å². The number of nitrogens with one attached hydrogen (secondary N) is 1. The summed E-state index contributed by atoms with van der Waals surface area (Å²) in [5.41, 5.74) is 2.38. The molecule has 39 heavy (non-hydrogen) atoms. The van der Waals surface area contributed by atoms with E-state index in [4.69, 9.17) is 23.2 Å². The molecule has 0 fully saturated rings. The van der Waals surface area contributed by atoms with E-state index in [1.165, 1.54) is 42.5 Å². The third-order valence-corrected chi connectivity index (χ3v) is 6.74. The lowest BCUT2D eigenvalue weighted by molar-refractivity contribution is -0.127. The summed E-state index contributed by atoms with van der Waals surface area (Å²) in [5, 5.41) is 12.8. The van der Waals surface area contributed by atoms with Crippen molar-refractivity contribution in [1.82, 2.24) is 5.32 Å². The number of halogens is 5. The minimum atomic E-state index is -4.37. The van der Waals surface area contributed by atoms with E-state index in [1.54, 1.807) is 24.3 Å². The first kappa shape index (κ1) is 30.0. The average Bonchev–Trinajstić information content (AvgIpc) is 2.87. The summed E-state index contributed by atoms with van der Waals surface area (Å²) in [6.07, 6.45) is -5.32. The lowest BCUT2D eigenvalue weighted by Crippen LogP contribution is -2.18. The highest BCUT2D eigenvalue weighted by atomic mass is 35.5. The highest BCUT2D eigenvalue weighted by molar-refractivity contribution is 6.42. The Morgan fingerprint density at radius 2 is 1.46 bits per heavy atom. The molecule has 0 saturated carbocycles. The third kappa shape index (κ3) is 8.73. The van der Waals surface area contributed by atoms with Crippen LogP contribution in [0.15, 0.2) is 85.6 Å². The molecular formula is C30H26Cl2F3NO3. The summed E-state index contributed by atoms with van der Waals surface area (Å²) in [4.78, 5) is 26.7. The lowest BCUT2D eigenvalue weighted by Gasteiger charge is -2.18. The molecule has 0 aliphatic heterocycles. The number of carbonyl (C=O) groups excluding carboxylic acids is 2. The molecule has 1 unspecified atom stereocenters. The number of carbonyl (C=O) groups is 2. The SMILES string of the molecule is C=C(O)CCNC(=C)c1ccc(C(CC(=O)c2ccc(Cl)c(Cl)c2)C(=O)c2ccc(CC(F)(F)F)cc2)cc1. The normalized spacial score (nSPS) is 12.0. The van der Waals surface area contributed by atoms with Crippen LogP contribution in [0.3, 0.4) is 0 Å². The number of rotatable bonds is 12. The molecule has 0 amide bonds. The molecule has 3 aromatic rings. The van der Waals surface area contributed by atoms with Crippen LogP contribution in [0.1, 0.15) is 56.2 Å². The molecule has 0 spiro atoms. The maximum Gasteiger partial charge on any atom is 0.393 e. The minimum absolute atomic E-state index is 0.0302. The van der Waals surface area contributed by atoms with Gasteiger partial charge in [0.15, 0.2) is 11.6 Å². The number of alkyl halides is 3. The van der Waals surface area contributed by atoms with Crippen LogP contribution in [-0.2, 0) is 6.42 Å². The molecule has 0 radical (unpaired) electrons. The highest BCUT2D eigenvalue weighted by Crippen LogP contribution is 2.30. The Kier molecular flexibility index (Phi) is 10.0. The second kappa shape index (κ2) is 13.0. The predicted octanol–water partition coefficient (Wildman–Crippen LogP) is 8.36. The molecule has 9 heteroatoms. The van der Waals surface area contributed by atoms with Gasteiger partial charge in [-0.1, -0.05) is 84.9 Å². The summed E-state index contributed by atoms with van der Waals surface area (Å²) in [7, 11) is 0. The maximum atomic E-state index is 13.6. The Bertz CT molecular complexity index is 1370. The van der Waals surface area contributed by atoms with Crippen LogP contribution in [0.25, 0.3) is 5.70 Å². The van der Waals surface area contributed by atoms with Gasteiger partial charge in [-0.15, -0.1) is 0 Å². The molecule has 0 aliphatic carbocycles. The van der Waals surface area contributed by atoms with Crippen LogP contribution in [0.2, 0.25) is 10.0 Å². The Morgan fingerprint density at radius 1 is 0.872 bits per heavy atom. The van der Waals surface area contributed by atoms with Crippen molar-refractivity contribution in [3.63, 3.8) is 0 Å². The largest absolute Gasteiger partial charge is 0.513 e. The van der Waals surface area contributed by atoms with Crippen molar-refractivity contribution in [2.24, 2.45) is 0 Å². The lowest BCUT2D eigenvalue weighted by atomic mass is 9.84. The van der Waals surface area contributed by atoms with E-state index in [0.717, 1.165) is 5.56 Å². The average molecular weight is 576 g/mol.